The van der Waals surface area contributed by atoms with Crippen molar-refractivity contribution in [2.24, 2.45) is 0 Å². The van der Waals surface area contributed by atoms with Crippen LogP contribution in [0.4, 0.5) is 11.4 Å². The van der Waals surface area contributed by atoms with Crippen LogP contribution in [0, 0.1) is 0 Å². The van der Waals surface area contributed by atoms with Crippen molar-refractivity contribution in [1.29, 1.82) is 0 Å². The maximum absolute atomic E-state index is 12.8. The number of hydrogen-bond acceptors (Lipinski definition) is 6. The molecule has 31 heavy (non-hydrogen) atoms. The van der Waals surface area contributed by atoms with Crippen LogP contribution in [0.25, 0.3) is 11.0 Å². The number of nitrogens with one attached hydrogen (secondary N) is 2. The lowest BCUT2D eigenvalue weighted by Gasteiger charge is -2.12. The van der Waals surface area contributed by atoms with Gasteiger partial charge in [0.05, 0.1) is 16.8 Å². The summed E-state index contributed by atoms with van der Waals surface area (Å²) in [7, 11) is 0. The molecule has 5 rings (SSSR count). The highest BCUT2D eigenvalue weighted by molar-refractivity contribution is 6.10. The highest BCUT2D eigenvalue weighted by Gasteiger charge is 2.17. The van der Waals surface area contributed by atoms with Crippen molar-refractivity contribution < 1.29 is 19.1 Å². The summed E-state index contributed by atoms with van der Waals surface area (Å²) in [6, 6.07) is 19.3. The third-order valence-corrected chi connectivity index (χ3v) is 4.79. The number of ether oxygens (including phenoxy) is 2. The molecule has 4 aromatic rings. The van der Waals surface area contributed by atoms with E-state index in [0.717, 1.165) is 5.52 Å². The molecule has 0 saturated heterocycles. The molecule has 0 spiro atoms. The molecule has 0 aliphatic carbocycles. The zero-order chi connectivity index (χ0) is 21.2. The van der Waals surface area contributed by atoms with Gasteiger partial charge in [-0.05, 0) is 36.4 Å². The molecule has 0 saturated carbocycles. The van der Waals surface area contributed by atoms with Crippen LogP contribution < -0.4 is 20.1 Å². The molecule has 1 aromatic heterocycles. The average Bonchev–Trinajstić information content (AvgIpc) is 3.41. The Balaban J connectivity index is 1.31. The summed E-state index contributed by atoms with van der Waals surface area (Å²) < 4.78 is 12.1. The summed E-state index contributed by atoms with van der Waals surface area (Å²) in [4.78, 5) is 25.5. The molecule has 9 nitrogen and oxygen atoms in total. The lowest BCUT2D eigenvalue weighted by Crippen LogP contribution is -2.22. The van der Waals surface area contributed by atoms with E-state index in [9.17, 15) is 9.59 Å². The number of carbonyl (C=O) groups is 2. The molecule has 3 aromatic carbocycles. The van der Waals surface area contributed by atoms with Gasteiger partial charge in [-0.15, -0.1) is 5.10 Å². The first-order chi connectivity index (χ1) is 15.2. The lowest BCUT2D eigenvalue weighted by atomic mass is 10.1. The van der Waals surface area contributed by atoms with Crippen LogP contribution in [0.5, 0.6) is 11.5 Å². The van der Waals surface area contributed by atoms with E-state index in [0.29, 0.717) is 34.0 Å². The third-order valence-electron chi connectivity index (χ3n) is 4.79. The number of amides is 2. The molecule has 154 valence electrons. The fourth-order valence-electron chi connectivity index (χ4n) is 3.32. The fourth-order valence-corrected chi connectivity index (χ4v) is 3.32. The van der Waals surface area contributed by atoms with Crippen molar-refractivity contribution in [3.05, 3.63) is 72.3 Å². The fraction of sp³-hybridized carbons (Fsp3) is 0.0909. The van der Waals surface area contributed by atoms with Crippen LogP contribution in [0.15, 0.2) is 66.7 Å². The number of fused-ring (bicyclic) bond motifs is 2. The Morgan fingerprint density at radius 3 is 2.68 bits per heavy atom. The number of carbonyl (C=O) groups excluding carboxylic acids is 2. The van der Waals surface area contributed by atoms with Gasteiger partial charge in [0.2, 0.25) is 12.7 Å². The SMILES string of the molecule is O=C(Cn1nnc2ccccc21)Nc1ccccc1C(=O)Nc1ccc2c(c1)OCO2. The van der Waals surface area contributed by atoms with Gasteiger partial charge in [-0.1, -0.05) is 29.5 Å². The van der Waals surface area contributed by atoms with Crippen molar-refractivity contribution in [2.45, 2.75) is 6.54 Å². The van der Waals surface area contributed by atoms with Gasteiger partial charge in [0.15, 0.2) is 11.5 Å². The van der Waals surface area contributed by atoms with Gasteiger partial charge in [0.1, 0.15) is 12.1 Å². The molecule has 2 amide bonds. The summed E-state index contributed by atoms with van der Waals surface area (Å²) >= 11 is 0. The lowest BCUT2D eigenvalue weighted by molar-refractivity contribution is -0.116. The standard InChI is InChI=1S/C22H17N5O4/c28-21(12-27-18-8-4-3-7-17(18)25-26-27)24-16-6-2-1-5-15(16)22(29)23-14-9-10-19-20(11-14)31-13-30-19/h1-11H,12-13H2,(H,23,29)(H,24,28). The van der Waals surface area contributed by atoms with Crippen molar-refractivity contribution in [1.82, 2.24) is 15.0 Å². The van der Waals surface area contributed by atoms with Crippen molar-refractivity contribution in [3.63, 3.8) is 0 Å². The molecule has 2 N–H and O–H groups in total. The first-order valence-electron chi connectivity index (χ1n) is 9.55. The highest BCUT2D eigenvalue weighted by Crippen LogP contribution is 2.34. The van der Waals surface area contributed by atoms with Crippen LogP contribution in [0.3, 0.4) is 0 Å². The van der Waals surface area contributed by atoms with Crippen LogP contribution in [0.1, 0.15) is 10.4 Å². The van der Waals surface area contributed by atoms with Gasteiger partial charge in [-0.3, -0.25) is 9.59 Å². The van der Waals surface area contributed by atoms with E-state index in [-0.39, 0.29) is 25.2 Å². The van der Waals surface area contributed by atoms with Gasteiger partial charge < -0.3 is 20.1 Å². The summed E-state index contributed by atoms with van der Waals surface area (Å²) in [5, 5.41) is 13.7. The molecule has 1 aliphatic heterocycles. The highest BCUT2D eigenvalue weighted by atomic mass is 16.7. The molecule has 9 heteroatoms. The first-order valence-corrected chi connectivity index (χ1v) is 9.55. The van der Waals surface area contributed by atoms with E-state index in [1.807, 2.05) is 24.3 Å². The predicted molar refractivity (Wildman–Crippen MR) is 113 cm³/mol. The minimum Gasteiger partial charge on any atom is -0.454 e. The van der Waals surface area contributed by atoms with Crippen LogP contribution >= 0.6 is 0 Å². The summed E-state index contributed by atoms with van der Waals surface area (Å²) in [5.74, 6) is 0.519. The Morgan fingerprint density at radius 2 is 1.74 bits per heavy atom. The number of benzene rings is 3. The maximum Gasteiger partial charge on any atom is 0.257 e. The van der Waals surface area contributed by atoms with Crippen molar-refractivity contribution in [3.8, 4) is 11.5 Å². The summed E-state index contributed by atoms with van der Waals surface area (Å²) in [5.41, 5.74) is 2.75. The van der Waals surface area contributed by atoms with Crippen molar-refractivity contribution in [2.75, 3.05) is 17.4 Å². The molecule has 0 radical (unpaired) electrons. The molecule has 0 fully saturated rings. The number of anilines is 2. The summed E-state index contributed by atoms with van der Waals surface area (Å²) in [6.45, 7) is 0.126. The Hall–Kier alpha value is -4.40. The van der Waals surface area contributed by atoms with E-state index in [1.165, 1.54) is 4.68 Å². The quantitative estimate of drug-likeness (QED) is 0.519. The second kappa shape index (κ2) is 7.79. The van der Waals surface area contributed by atoms with Gasteiger partial charge in [-0.2, -0.15) is 0 Å². The second-order valence-corrected chi connectivity index (χ2v) is 6.85. The van der Waals surface area contributed by atoms with Crippen molar-refractivity contribution >= 4 is 34.2 Å². The average molecular weight is 415 g/mol. The predicted octanol–water partition coefficient (Wildman–Crippen LogP) is 3.05. The van der Waals surface area contributed by atoms with E-state index in [4.69, 9.17) is 9.47 Å². The van der Waals surface area contributed by atoms with E-state index < -0.39 is 0 Å². The van der Waals surface area contributed by atoms with E-state index in [2.05, 4.69) is 20.9 Å². The van der Waals surface area contributed by atoms with E-state index >= 15 is 0 Å². The maximum atomic E-state index is 12.8. The zero-order valence-corrected chi connectivity index (χ0v) is 16.2. The molecular weight excluding hydrogens is 398 g/mol. The first kappa shape index (κ1) is 18.6. The molecule has 0 bridgehead atoms. The minimum atomic E-state index is -0.360. The normalized spacial score (nSPS) is 12.0. The topological polar surface area (TPSA) is 107 Å². The third kappa shape index (κ3) is 3.76. The Labute approximate surface area is 176 Å². The monoisotopic (exact) mass is 415 g/mol. The van der Waals surface area contributed by atoms with E-state index in [1.54, 1.807) is 42.5 Å². The number of rotatable bonds is 5. The molecule has 0 unspecified atom stereocenters. The molecule has 0 atom stereocenters. The summed E-state index contributed by atoms with van der Waals surface area (Å²) in [6.07, 6.45) is 0. The van der Waals surface area contributed by atoms with Crippen LogP contribution in [0.2, 0.25) is 0 Å². The minimum absolute atomic E-state index is 0.0291. The number of para-hydroxylation sites is 2. The Morgan fingerprint density at radius 1 is 0.935 bits per heavy atom. The number of aromatic nitrogens is 3. The smallest absolute Gasteiger partial charge is 0.257 e. The van der Waals surface area contributed by atoms with Gasteiger partial charge in [-0.25, -0.2) is 4.68 Å². The molecular formula is C22H17N5O4. The number of nitrogens with zero attached hydrogens (tertiary/aromatic N) is 3. The second-order valence-electron chi connectivity index (χ2n) is 6.85. The largest absolute Gasteiger partial charge is 0.454 e. The van der Waals surface area contributed by atoms with Crippen LogP contribution in [-0.4, -0.2) is 33.6 Å². The Bertz CT molecular complexity index is 1300. The molecule has 2 heterocycles. The van der Waals surface area contributed by atoms with Crippen LogP contribution in [-0.2, 0) is 11.3 Å². The van der Waals surface area contributed by atoms with Gasteiger partial charge >= 0.3 is 0 Å². The van der Waals surface area contributed by atoms with Gasteiger partial charge in [0, 0.05) is 11.8 Å². The Kier molecular flexibility index (Phi) is 4.68. The zero-order valence-electron chi connectivity index (χ0n) is 16.2. The molecule has 1 aliphatic rings. The van der Waals surface area contributed by atoms with Gasteiger partial charge in [0.25, 0.3) is 5.91 Å². The number of hydrogen-bond donors (Lipinski definition) is 2.